The first-order valence-electron chi connectivity index (χ1n) is 17.0. The molecule has 1 aromatic carbocycles. The van der Waals surface area contributed by atoms with Crippen LogP contribution in [-0.2, 0) is 20.8 Å². The summed E-state index contributed by atoms with van der Waals surface area (Å²) in [4.78, 5) is 46.7. The molecular weight excluding hydrogens is 620 g/mol. The summed E-state index contributed by atoms with van der Waals surface area (Å²) in [5, 5.41) is 3.37. The lowest BCUT2D eigenvalue weighted by molar-refractivity contribution is -0.156. The second kappa shape index (κ2) is 16.4. The molecule has 2 aromatic heterocycles. The van der Waals surface area contributed by atoms with Gasteiger partial charge in [0.25, 0.3) is 0 Å². The van der Waals surface area contributed by atoms with E-state index >= 15 is 0 Å². The molecule has 0 saturated carbocycles. The zero-order valence-corrected chi connectivity index (χ0v) is 30.7. The highest BCUT2D eigenvalue weighted by atomic mass is 16.6. The molecule has 1 aliphatic rings. The first-order valence-corrected chi connectivity index (χ1v) is 17.0. The molecule has 3 aromatic rings. The topological polar surface area (TPSA) is 116 Å². The van der Waals surface area contributed by atoms with Gasteiger partial charge in [-0.15, -0.1) is 0 Å². The van der Waals surface area contributed by atoms with Crippen molar-refractivity contribution in [2.24, 2.45) is 0 Å². The monoisotopic (exact) mass is 674 g/mol. The summed E-state index contributed by atoms with van der Waals surface area (Å²) in [6, 6.07) is 14.5. The third kappa shape index (κ3) is 12.3. The maximum absolute atomic E-state index is 12.3. The molecule has 3 heterocycles. The Hall–Kier alpha value is -4.29. The number of esters is 1. The van der Waals surface area contributed by atoms with E-state index in [1.54, 1.807) is 18.1 Å². The van der Waals surface area contributed by atoms with Crippen LogP contribution in [0.1, 0.15) is 60.5 Å². The average Bonchev–Trinajstić information content (AvgIpc) is 3.01. The molecule has 1 fully saturated rings. The number of ether oxygens (including phenoxy) is 2. The van der Waals surface area contributed by atoms with Crippen LogP contribution in [0.25, 0.3) is 11.3 Å². The second-order valence-corrected chi connectivity index (χ2v) is 14.8. The second-order valence-electron chi connectivity index (χ2n) is 14.8. The van der Waals surface area contributed by atoms with Gasteiger partial charge in [0.05, 0.1) is 12.2 Å². The molecule has 1 amide bonds. The largest absolute Gasteiger partial charge is 0.459 e. The molecule has 0 bridgehead atoms. The van der Waals surface area contributed by atoms with Gasteiger partial charge in [0.15, 0.2) is 0 Å². The van der Waals surface area contributed by atoms with Crippen molar-refractivity contribution < 1.29 is 19.1 Å². The fourth-order valence-electron chi connectivity index (χ4n) is 5.55. The Kier molecular flexibility index (Phi) is 12.6. The highest BCUT2D eigenvalue weighted by Crippen LogP contribution is 2.23. The zero-order chi connectivity index (χ0) is 35.8. The minimum atomic E-state index is -0.511. The molecule has 0 radical (unpaired) electrons. The van der Waals surface area contributed by atoms with Crippen LogP contribution in [0.15, 0.2) is 54.9 Å². The summed E-state index contributed by atoms with van der Waals surface area (Å²) in [6.07, 6.45) is 4.03. The highest BCUT2D eigenvalue weighted by molar-refractivity contribution is 5.72. The van der Waals surface area contributed by atoms with Gasteiger partial charge in [-0.25, -0.2) is 19.7 Å². The van der Waals surface area contributed by atoms with Gasteiger partial charge in [0.1, 0.15) is 17.0 Å². The SMILES string of the molecule is CC1CN(CC(=O)OC(C)(C)C)CCN1Cc1cccc(Nc2nccc(-c3ccc(N(C)CCCN(C)C(=O)OC(C)(C)C)nc3)n2)c1. The Morgan fingerprint density at radius 1 is 0.959 bits per heavy atom. The number of carbonyl (C=O) groups is 2. The number of rotatable bonds is 12. The predicted octanol–water partition coefficient (Wildman–Crippen LogP) is 5.82. The maximum Gasteiger partial charge on any atom is 0.410 e. The third-order valence-electron chi connectivity index (χ3n) is 7.97. The highest BCUT2D eigenvalue weighted by Gasteiger charge is 2.27. The van der Waals surface area contributed by atoms with E-state index in [9.17, 15) is 9.59 Å². The minimum Gasteiger partial charge on any atom is -0.459 e. The summed E-state index contributed by atoms with van der Waals surface area (Å²) in [5.74, 6) is 1.17. The molecular formula is C37H54N8O4. The summed E-state index contributed by atoms with van der Waals surface area (Å²) < 4.78 is 10.9. The van der Waals surface area contributed by atoms with Gasteiger partial charge >= 0.3 is 12.1 Å². The van der Waals surface area contributed by atoms with Crippen molar-refractivity contribution in [1.82, 2.24) is 29.7 Å². The molecule has 0 aliphatic carbocycles. The van der Waals surface area contributed by atoms with E-state index in [0.717, 1.165) is 61.9 Å². The van der Waals surface area contributed by atoms with Crippen molar-refractivity contribution in [3.05, 3.63) is 60.4 Å². The fourth-order valence-corrected chi connectivity index (χ4v) is 5.55. The van der Waals surface area contributed by atoms with E-state index in [1.807, 2.05) is 85.1 Å². The lowest BCUT2D eigenvalue weighted by Gasteiger charge is -2.39. The number of anilines is 3. The van der Waals surface area contributed by atoms with Gasteiger partial charge in [0, 0.05) is 83.1 Å². The van der Waals surface area contributed by atoms with Crippen LogP contribution in [-0.4, -0.2) is 112 Å². The van der Waals surface area contributed by atoms with Crippen LogP contribution in [0, 0.1) is 0 Å². The van der Waals surface area contributed by atoms with Crippen LogP contribution in [0.3, 0.4) is 0 Å². The van der Waals surface area contributed by atoms with Gasteiger partial charge in [-0.3, -0.25) is 14.6 Å². The number of pyridine rings is 1. The number of amides is 1. The molecule has 1 aliphatic heterocycles. The standard InChI is InChI=1S/C37H54N8O4/c1-27-24-44(26-33(46)48-36(2,3)4)20-21-45(27)25-28-12-10-13-30(22-28)40-34-38-17-16-31(41-34)29-14-15-32(39-23-29)42(8)18-11-19-43(9)35(47)49-37(5,6)7/h10,12-17,22-23,27H,11,18-21,24-26H2,1-9H3,(H,38,40,41). The van der Waals surface area contributed by atoms with E-state index < -0.39 is 11.2 Å². The molecule has 49 heavy (non-hydrogen) atoms. The number of hydrogen-bond acceptors (Lipinski definition) is 11. The molecule has 12 heteroatoms. The first kappa shape index (κ1) is 37.5. The summed E-state index contributed by atoms with van der Waals surface area (Å²) in [6.45, 7) is 18.5. The number of nitrogens with one attached hydrogen (secondary N) is 1. The van der Waals surface area contributed by atoms with Crippen molar-refractivity contribution in [2.75, 3.05) is 63.6 Å². The van der Waals surface area contributed by atoms with E-state index in [1.165, 1.54) is 5.56 Å². The van der Waals surface area contributed by atoms with Crippen molar-refractivity contribution in [3.63, 3.8) is 0 Å². The molecule has 12 nitrogen and oxygen atoms in total. The van der Waals surface area contributed by atoms with Crippen molar-refractivity contribution in [1.29, 1.82) is 0 Å². The summed E-state index contributed by atoms with van der Waals surface area (Å²) in [7, 11) is 3.74. The Morgan fingerprint density at radius 2 is 1.71 bits per heavy atom. The van der Waals surface area contributed by atoms with Crippen LogP contribution in [0.2, 0.25) is 0 Å². The first-order chi connectivity index (χ1) is 23.0. The van der Waals surface area contributed by atoms with Gasteiger partial charge in [-0.2, -0.15) is 0 Å². The smallest absolute Gasteiger partial charge is 0.410 e. The van der Waals surface area contributed by atoms with Crippen molar-refractivity contribution in [2.45, 2.75) is 78.7 Å². The number of aromatic nitrogens is 3. The number of piperazine rings is 1. The molecule has 1 saturated heterocycles. The number of benzene rings is 1. The molecule has 1 unspecified atom stereocenters. The quantitative estimate of drug-likeness (QED) is 0.234. The Morgan fingerprint density at radius 3 is 2.39 bits per heavy atom. The van der Waals surface area contributed by atoms with E-state index in [2.05, 4.69) is 49.0 Å². The van der Waals surface area contributed by atoms with Gasteiger partial charge < -0.3 is 24.6 Å². The van der Waals surface area contributed by atoms with Gasteiger partial charge in [-0.1, -0.05) is 12.1 Å². The van der Waals surface area contributed by atoms with Crippen LogP contribution in [0.5, 0.6) is 0 Å². The lowest BCUT2D eigenvalue weighted by Crippen LogP contribution is -2.52. The molecule has 0 spiro atoms. The summed E-state index contributed by atoms with van der Waals surface area (Å²) >= 11 is 0. The maximum atomic E-state index is 12.3. The van der Waals surface area contributed by atoms with Crippen LogP contribution < -0.4 is 10.2 Å². The van der Waals surface area contributed by atoms with E-state index in [0.29, 0.717) is 25.1 Å². The van der Waals surface area contributed by atoms with Crippen LogP contribution in [0.4, 0.5) is 22.2 Å². The normalized spacial score (nSPS) is 15.8. The fraction of sp³-hybridized carbons (Fsp3) is 0.541. The van der Waals surface area contributed by atoms with Gasteiger partial charge in [-0.05, 0) is 90.8 Å². The number of hydrogen-bond donors (Lipinski definition) is 1. The molecule has 266 valence electrons. The van der Waals surface area contributed by atoms with Gasteiger partial charge in [0.2, 0.25) is 5.95 Å². The Balaban J connectivity index is 1.28. The average molecular weight is 675 g/mol. The molecule has 1 atom stereocenters. The van der Waals surface area contributed by atoms with E-state index in [-0.39, 0.29) is 12.1 Å². The number of nitrogens with zero attached hydrogens (tertiary/aromatic N) is 7. The van der Waals surface area contributed by atoms with Crippen molar-refractivity contribution >= 4 is 29.5 Å². The van der Waals surface area contributed by atoms with Crippen molar-refractivity contribution in [3.8, 4) is 11.3 Å². The summed E-state index contributed by atoms with van der Waals surface area (Å²) in [5.41, 5.74) is 2.78. The number of carbonyl (C=O) groups excluding carboxylic acids is 2. The van der Waals surface area contributed by atoms with Crippen LogP contribution >= 0.6 is 0 Å². The Bertz CT molecular complexity index is 1540. The minimum absolute atomic E-state index is 0.173. The lowest BCUT2D eigenvalue weighted by atomic mass is 10.1. The molecule has 1 N–H and O–H groups in total. The predicted molar refractivity (Wildman–Crippen MR) is 194 cm³/mol. The third-order valence-corrected chi connectivity index (χ3v) is 7.97. The zero-order valence-electron chi connectivity index (χ0n) is 30.7. The molecule has 4 rings (SSSR count). The Labute approximate surface area is 291 Å². The van der Waals surface area contributed by atoms with E-state index in [4.69, 9.17) is 14.5 Å².